The number of rotatable bonds is 4. The number of benzene rings is 1. The summed E-state index contributed by atoms with van der Waals surface area (Å²) in [5.74, 6) is 0.738. The number of hydrogen-bond acceptors (Lipinski definition) is 2. The van der Waals surface area contributed by atoms with E-state index in [1.54, 1.807) is 6.20 Å². The Morgan fingerprint density at radius 1 is 1.37 bits per heavy atom. The molecule has 98 valence electrons. The van der Waals surface area contributed by atoms with Crippen molar-refractivity contribution in [3.63, 3.8) is 0 Å². The third-order valence-corrected chi connectivity index (χ3v) is 3.68. The van der Waals surface area contributed by atoms with E-state index in [2.05, 4.69) is 22.4 Å². The SMILES string of the molecule is CC1(CC(=O)Nc2[nH]ncc2-c2ccccc2)CC1. The minimum atomic E-state index is 0.0569. The van der Waals surface area contributed by atoms with Crippen LogP contribution in [0.1, 0.15) is 26.2 Å². The van der Waals surface area contributed by atoms with Crippen LogP contribution in [0.4, 0.5) is 5.82 Å². The molecule has 4 heteroatoms. The van der Waals surface area contributed by atoms with Gasteiger partial charge in [-0.05, 0) is 23.8 Å². The third kappa shape index (κ3) is 2.67. The second-order valence-electron chi connectivity index (χ2n) is 5.56. The molecule has 2 N–H and O–H groups in total. The molecule has 1 amide bonds. The highest BCUT2D eigenvalue weighted by Crippen LogP contribution is 2.48. The molecule has 0 unspecified atom stereocenters. The average molecular weight is 255 g/mol. The van der Waals surface area contributed by atoms with Crippen LogP contribution >= 0.6 is 0 Å². The number of aromatic amines is 1. The van der Waals surface area contributed by atoms with Crippen LogP contribution in [-0.4, -0.2) is 16.1 Å². The predicted octanol–water partition coefficient (Wildman–Crippen LogP) is 3.21. The average Bonchev–Trinajstić information content (AvgIpc) is 2.94. The molecule has 0 spiro atoms. The summed E-state index contributed by atoms with van der Waals surface area (Å²) in [6, 6.07) is 9.92. The van der Waals surface area contributed by atoms with Gasteiger partial charge in [0.2, 0.25) is 5.91 Å². The lowest BCUT2D eigenvalue weighted by Gasteiger charge is -2.09. The van der Waals surface area contributed by atoms with E-state index in [1.165, 1.54) is 0 Å². The van der Waals surface area contributed by atoms with E-state index < -0.39 is 0 Å². The van der Waals surface area contributed by atoms with Crippen molar-refractivity contribution in [2.24, 2.45) is 5.41 Å². The molecule has 0 saturated heterocycles. The van der Waals surface area contributed by atoms with Gasteiger partial charge in [0.1, 0.15) is 5.82 Å². The van der Waals surface area contributed by atoms with Crippen molar-refractivity contribution in [2.75, 3.05) is 5.32 Å². The van der Waals surface area contributed by atoms with Crippen LogP contribution in [0.3, 0.4) is 0 Å². The Morgan fingerprint density at radius 2 is 2.11 bits per heavy atom. The molecule has 0 atom stereocenters. The first-order valence-corrected chi connectivity index (χ1v) is 6.55. The van der Waals surface area contributed by atoms with Gasteiger partial charge >= 0.3 is 0 Å². The van der Waals surface area contributed by atoms with E-state index in [4.69, 9.17) is 0 Å². The van der Waals surface area contributed by atoms with Crippen molar-refractivity contribution in [3.05, 3.63) is 36.5 Å². The Labute approximate surface area is 112 Å². The van der Waals surface area contributed by atoms with Crippen molar-refractivity contribution in [2.45, 2.75) is 26.2 Å². The molecule has 3 rings (SSSR count). The topological polar surface area (TPSA) is 57.8 Å². The lowest BCUT2D eigenvalue weighted by Crippen LogP contribution is -2.16. The third-order valence-electron chi connectivity index (χ3n) is 3.68. The summed E-state index contributed by atoms with van der Waals surface area (Å²) >= 11 is 0. The van der Waals surface area contributed by atoms with E-state index in [0.717, 1.165) is 24.0 Å². The van der Waals surface area contributed by atoms with Crippen LogP contribution in [0.2, 0.25) is 0 Å². The maximum absolute atomic E-state index is 12.0. The van der Waals surface area contributed by atoms with Gasteiger partial charge in [0.15, 0.2) is 0 Å². The van der Waals surface area contributed by atoms with Crippen molar-refractivity contribution in [1.29, 1.82) is 0 Å². The maximum atomic E-state index is 12.0. The number of anilines is 1. The van der Waals surface area contributed by atoms with E-state index >= 15 is 0 Å². The highest BCUT2D eigenvalue weighted by molar-refractivity contribution is 5.94. The second-order valence-corrected chi connectivity index (χ2v) is 5.56. The summed E-state index contributed by atoms with van der Waals surface area (Å²) < 4.78 is 0. The minimum Gasteiger partial charge on any atom is -0.311 e. The van der Waals surface area contributed by atoms with Crippen molar-refractivity contribution >= 4 is 11.7 Å². The number of hydrogen-bond donors (Lipinski definition) is 2. The number of nitrogens with one attached hydrogen (secondary N) is 2. The Morgan fingerprint density at radius 3 is 2.79 bits per heavy atom. The van der Waals surface area contributed by atoms with E-state index in [-0.39, 0.29) is 11.3 Å². The monoisotopic (exact) mass is 255 g/mol. The molecule has 1 aromatic carbocycles. The quantitative estimate of drug-likeness (QED) is 0.881. The van der Waals surface area contributed by atoms with Gasteiger partial charge < -0.3 is 5.32 Å². The predicted molar refractivity (Wildman–Crippen MR) is 74.6 cm³/mol. The number of nitrogens with zero attached hydrogens (tertiary/aromatic N) is 1. The zero-order valence-corrected chi connectivity index (χ0v) is 10.9. The zero-order chi connectivity index (χ0) is 13.3. The molecule has 0 bridgehead atoms. The number of amides is 1. The summed E-state index contributed by atoms with van der Waals surface area (Å²) in [6.07, 6.45) is 4.62. The van der Waals surface area contributed by atoms with E-state index in [0.29, 0.717) is 12.2 Å². The molecule has 1 saturated carbocycles. The highest BCUT2D eigenvalue weighted by Gasteiger charge is 2.39. The van der Waals surface area contributed by atoms with Gasteiger partial charge in [0, 0.05) is 12.0 Å². The van der Waals surface area contributed by atoms with Gasteiger partial charge in [-0.3, -0.25) is 9.89 Å². The van der Waals surface area contributed by atoms with Gasteiger partial charge in [-0.1, -0.05) is 37.3 Å². The molecule has 2 aromatic rings. The first-order valence-electron chi connectivity index (χ1n) is 6.55. The summed E-state index contributed by atoms with van der Waals surface area (Å²) in [7, 11) is 0. The molecule has 0 aliphatic heterocycles. The fourth-order valence-electron chi connectivity index (χ4n) is 2.18. The summed E-state index contributed by atoms with van der Waals surface area (Å²) in [6.45, 7) is 2.15. The Bertz CT molecular complexity index is 584. The molecule has 1 fully saturated rings. The Hall–Kier alpha value is -2.10. The van der Waals surface area contributed by atoms with E-state index in [9.17, 15) is 4.79 Å². The molecule has 1 aliphatic carbocycles. The normalized spacial score (nSPS) is 16.1. The second kappa shape index (κ2) is 4.53. The van der Waals surface area contributed by atoms with E-state index in [1.807, 2.05) is 30.3 Å². The number of H-pyrrole nitrogens is 1. The lowest BCUT2D eigenvalue weighted by molar-refractivity contribution is -0.117. The molecule has 1 aliphatic rings. The minimum absolute atomic E-state index is 0.0569. The van der Waals surface area contributed by atoms with Crippen LogP contribution in [0.25, 0.3) is 11.1 Å². The lowest BCUT2D eigenvalue weighted by atomic mass is 10.1. The molecule has 1 aromatic heterocycles. The largest absolute Gasteiger partial charge is 0.311 e. The van der Waals surface area contributed by atoms with Crippen molar-refractivity contribution in [3.8, 4) is 11.1 Å². The van der Waals surface area contributed by atoms with Crippen LogP contribution in [-0.2, 0) is 4.79 Å². The fraction of sp³-hybridized carbons (Fsp3) is 0.333. The molecule has 19 heavy (non-hydrogen) atoms. The first-order chi connectivity index (χ1) is 9.16. The standard InChI is InChI=1S/C15H17N3O/c1-15(7-8-15)9-13(19)17-14-12(10-16-18-14)11-5-3-2-4-6-11/h2-6,10H,7-9H2,1H3,(H2,16,17,18,19). The van der Waals surface area contributed by atoms with Crippen molar-refractivity contribution < 1.29 is 4.79 Å². The molecule has 4 nitrogen and oxygen atoms in total. The van der Waals surface area contributed by atoms with Crippen LogP contribution < -0.4 is 5.32 Å². The number of carbonyl (C=O) groups excluding carboxylic acids is 1. The smallest absolute Gasteiger partial charge is 0.226 e. The van der Waals surface area contributed by atoms with Crippen LogP contribution in [0.5, 0.6) is 0 Å². The van der Waals surface area contributed by atoms with Gasteiger partial charge in [0.05, 0.1) is 6.20 Å². The highest BCUT2D eigenvalue weighted by atomic mass is 16.1. The summed E-state index contributed by atoms with van der Waals surface area (Å²) in [5.41, 5.74) is 2.19. The Kier molecular flexibility index (Phi) is 2.85. The van der Waals surface area contributed by atoms with Gasteiger partial charge in [-0.15, -0.1) is 0 Å². The number of carbonyl (C=O) groups is 1. The molecule has 0 radical (unpaired) electrons. The zero-order valence-electron chi connectivity index (χ0n) is 10.9. The van der Waals surface area contributed by atoms with Crippen LogP contribution in [0, 0.1) is 5.41 Å². The molecule has 1 heterocycles. The van der Waals surface area contributed by atoms with Gasteiger partial charge in [-0.2, -0.15) is 5.10 Å². The summed E-state index contributed by atoms with van der Waals surface area (Å²) in [5, 5.41) is 9.81. The van der Waals surface area contributed by atoms with Gasteiger partial charge in [-0.25, -0.2) is 0 Å². The van der Waals surface area contributed by atoms with Crippen LogP contribution in [0.15, 0.2) is 36.5 Å². The maximum Gasteiger partial charge on any atom is 0.226 e. The summed E-state index contributed by atoms with van der Waals surface area (Å²) in [4.78, 5) is 12.0. The first kappa shape index (κ1) is 12.0. The molecular formula is C15H17N3O. The van der Waals surface area contributed by atoms with Crippen molar-refractivity contribution in [1.82, 2.24) is 10.2 Å². The van der Waals surface area contributed by atoms with Gasteiger partial charge in [0.25, 0.3) is 0 Å². The number of aromatic nitrogens is 2. The Balaban J connectivity index is 1.75. The molecular weight excluding hydrogens is 238 g/mol. The fourth-order valence-corrected chi connectivity index (χ4v) is 2.18.